The standard InChI is InChI=1S/C12H11NO/c1-9(10(2)14)8-11-4-6-12(13-3)7-5-11/h4-8H,1-2H3/b9-8+. The van der Waals surface area contributed by atoms with E-state index < -0.39 is 0 Å². The monoisotopic (exact) mass is 185 g/mol. The van der Waals surface area contributed by atoms with Gasteiger partial charge in [0, 0.05) is 0 Å². The molecule has 0 heterocycles. The van der Waals surface area contributed by atoms with E-state index in [-0.39, 0.29) is 5.78 Å². The van der Waals surface area contributed by atoms with Crippen molar-refractivity contribution in [1.82, 2.24) is 0 Å². The van der Waals surface area contributed by atoms with Crippen LogP contribution in [-0.4, -0.2) is 5.78 Å². The topological polar surface area (TPSA) is 21.4 Å². The Kier molecular flexibility index (Phi) is 3.19. The highest BCUT2D eigenvalue weighted by atomic mass is 16.1. The maximum atomic E-state index is 11.0. The maximum absolute atomic E-state index is 11.0. The summed E-state index contributed by atoms with van der Waals surface area (Å²) in [6.07, 6.45) is 1.82. The Labute approximate surface area is 83.7 Å². The van der Waals surface area contributed by atoms with Crippen LogP contribution in [0.15, 0.2) is 29.8 Å². The quantitative estimate of drug-likeness (QED) is 0.512. The fraction of sp³-hybridized carbons (Fsp3) is 0.167. The number of ketones is 1. The summed E-state index contributed by atoms with van der Waals surface area (Å²) in [6, 6.07) is 7.15. The fourth-order valence-electron chi connectivity index (χ4n) is 0.997. The van der Waals surface area contributed by atoms with E-state index >= 15 is 0 Å². The summed E-state index contributed by atoms with van der Waals surface area (Å²) in [6.45, 7) is 10.1. The molecule has 1 rings (SSSR count). The van der Waals surface area contributed by atoms with Crippen LogP contribution in [-0.2, 0) is 4.79 Å². The van der Waals surface area contributed by atoms with Gasteiger partial charge in [-0.15, -0.1) is 0 Å². The highest BCUT2D eigenvalue weighted by molar-refractivity contribution is 5.97. The van der Waals surface area contributed by atoms with Crippen LogP contribution in [0.25, 0.3) is 10.9 Å². The highest BCUT2D eigenvalue weighted by Crippen LogP contribution is 2.14. The summed E-state index contributed by atoms with van der Waals surface area (Å²) in [5.41, 5.74) is 2.29. The van der Waals surface area contributed by atoms with Gasteiger partial charge in [0.15, 0.2) is 11.5 Å². The Morgan fingerprint density at radius 2 is 1.86 bits per heavy atom. The van der Waals surface area contributed by atoms with E-state index in [1.54, 1.807) is 26.0 Å². The van der Waals surface area contributed by atoms with Crippen LogP contribution < -0.4 is 0 Å². The number of allylic oxidation sites excluding steroid dienone is 1. The second kappa shape index (κ2) is 4.38. The molecular weight excluding hydrogens is 174 g/mol. The second-order valence-corrected chi connectivity index (χ2v) is 3.09. The van der Waals surface area contributed by atoms with Crippen molar-refractivity contribution in [2.24, 2.45) is 0 Å². The van der Waals surface area contributed by atoms with Gasteiger partial charge in [-0.25, -0.2) is 4.85 Å². The molecule has 0 bridgehead atoms. The van der Waals surface area contributed by atoms with Gasteiger partial charge in [0.05, 0.1) is 6.57 Å². The van der Waals surface area contributed by atoms with Crippen molar-refractivity contribution in [2.75, 3.05) is 0 Å². The maximum Gasteiger partial charge on any atom is 0.187 e. The van der Waals surface area contributed by atoms with Crippen LogP contribution in [0.1, 0.15) is 19.4 Å². The lowest BCUT2D eigenvalue weighted by Gasteiger charge is -1.96. The van der Waals surface area contributed by atoms with E-state index in [0.29, 0.717) is 5.69 Å². The molecule has 0 aliphatic rings. The van der Waals surface area contributed by atoms with Gasteiger partial charge in [-0.3, -0.25) is 4.79 Å². The SMILES string of the molecule is [C-]#[N+]c1ccc(/C=C(\C)C(C)=O)cc1. The fourth-order valence-corrected chi connectivity index (χ4v) is 0.997. The molecule has 0 amide bonds. The van der Waals surface area contributed by atoms with Gasteiger partial charge in [-0.1, -0.05) is 24.3 Å². The summed E-state index contributed by atoms with van der Waals surface area (Å²) < 4.78 is 0. The molecule has 2 heteroatoms. The molecule has 70 valence electrons. The lowest BCUT2D eigenvalue weighted by molar-refractivity contribution is -0.113. The molecule has 0 atom stereocenters. The number of carbonyl (C=O) groups excluding carboxylic acids is 1. The van der Waals surface area contributed by atoms with Crippen molar-refractivity contribution in [2.45, 2.75) is 13.8 Å². The third-order valence-corrected chi connectivity index (χ3v) is 1.96. The van der Waals surface area contributed by atoms with E-state index in [1.165, 1.54) is 0 Å². The average molecular weight is 185 g/mol. The lowest BCUT2D eigenvalue weighted by Crippen LogP contribution is -1.90. The van der Waals surface area contributed by atoms with Crippen molar-refractivity contribution >= 4 is 17.5 Å². The zero-order chi connectivity index (χ0) is 10.6. The van der Waals surface area contributed by atoms with Crippen LogP contribution in [0.2, 0.25) is 0 Å². The number of rotatable bonds is 2. The number of Topliss-reactive ketones (excluding diaryl/α,β-unsaturated/α-hetero) is 1. The molecule has 0 spiro atoms. The predicted octanol–water partition coefficient (Wildman–Crippen LogP) is 3.23. The third kappa shape index (κ3) is 2.56. The van der Waals surface area contributed by atoms with Crippen LogP contribution in [0.5, 0.6) is 0 Å². The third-order valence-electron chi connectivity index (χ3n) is 1.96. The molecule has 0 unspecified atom stereocenters. The Morgan fingerprint density at radius 3 is 2.29 bits per heavy atom. The molecule has 2 nitrogen and oxygen atoms in total. The zero-order valence-corrected chi connectivity index (χ0v) is 8.24. The van der Waals surface area contributed by atoms with Crippen LogP contribution in [0.3, 0.4) is 0 Å². The van der Waals surface area contributed by atoms with E-state index in [4.69, 9.17) is 6.57 Å². The summed E-state index contributed by atoms with van der Waals surface area (Å²) in [4.78, 5) is 14.2. The molecular formula is C12H11NO. The molecule has 0 aliphatic heterocycles. The summed E-state index contributed by atoms with van der Waals surface area (Å²) in [5, 5.41) is 0. The van der Waals surface area contributed by atoms with Gasteiger partial charge >= 0.3 is 0 Å². The Balaban J connectivity index is 2.95. The number of nitrogens with zero attached hydrogens (tertiary/aromatic N) is 1. The molecule has 14 heavy (non-hydrogen) atoms. The van der Waals surface area contributed by atoms with Gasteiger partial charge < -0.3 is 0 Å². The molecule has 0 saturated heterocycles. The van der Waals surface area contributed by atoms with E-state index in [1.807, 2.05) is 18.2 Å². The first-order chi connectivity index (χ1) is 6.63. The molecule has 1 aromatic carbocycles. The largest absolute Gasteiger partial charge is 0.295 e. The molecule has 0 fully saturated rings. The Morgan fingerprint density at radius 1 is 1.29 bits per heavy atom. The minimum atomic E-state index is 0.0688. The second-order valence-electron chi connectivity index (χ2n) is 3.09. The van der Waals surface area contributed by atoms with Crippen LogP contribution in [0, 0.1) is 6.57 Å². The van der Waals surface area contributed by atoms with E-state index in [2.05, 4.69) is 4.85 Å². The van der Waals surface area contributed by atoms with Crippen molar-refractivity contribution in [3.8, 4) is 0 Å². The van der Waals surface area contributed by atoms with Crippen molar-refractivity contribution < 1.29 is 4.79 Å². The minimum absolute atomic E-state index is 0.0688. The first-order valence-corrected chi connectivity index (χ1v) is 4.30. The smallest absolute Gasteiger partial charge is 0.187 e. The molecule has 0 saturated carbocycles. The minimum Gasteiger partial charge on any atom is -0.295 e. The number of carbonyl (C=O) groups is 1. The van der Waals surface area contributed by atoms with Gasteiger partial charge in [-0.2, -0.15) is 0 Å². The first kappa shape index (κ1) is 10.2. The van der Waals surface area contributed by atoms with E-state index in [0.717, 1.165) is 11.1 Å². The van der Waals surface area contributed by atoms with Gasteiger partial charge in [-0.05, 0) is 31.1 Å². The van der Waals surface area contributed by atoms with Crippen molar-refractivity contribution in [3.05, 3.63) is 46.8 Å². The lowest BCUT2D eigenvalue weighted by atomic mass is 10.1. The predicted molar refractivity (Wildman–Crippen MR) is 57.0 cm³/mol. The van der Waals surface area contributed by atoms with Crippen LogP contribution in [0.4, 0.5) is 5.69 Å². The number of benzene rings is 1. The summed E-state index contributed by atoms with van der Waals surface area (Å²) >= 11 is 0. The zero-order valence-electron chi connectivity index (χ0n) is 8.24. The number of hydrogen-bond acceptors (Lipinski definition) is 1. The van der Waals surface area contributed by atoms with Gasteiger partial charge in [0.1, 0.15) is 0 Å². The normalized spacial score (nSPS) is 10.8. The highest BCUT2D eigenvalue weighted by Gasteiger charge is 1.96. The Hall–Kier alpha value is -1.88. The molecule has 1 aromatic rings. The Bertz CT molecular complexity index is 407. The van der Waals surface area contributed by atoms with Gasteiger partial charge in [0.25, 0.3) is 0 Å². The first-order valence-electron chi connectivity index (χ1n) is 4.30. The van der Waals surface area contributed by atoms with Crippen molar-refractivity contribution in [3.63, 3.8) is 0 Å². The molecule has 0 aliphatic carbocycles. The van der Waals surface area contributed by atoms with Crippen molar-refractivity contribution in [1.29, 1.82) is 0 Å². The van der Waals surface area contributed by atoms with Gasteiger partial charge in [0.2, 0.25) is 0 Å². The number of hydrogen-bond donors (Lipinski definition) is 0. The molecule has 0 aromatic heterocycles. The molecule has 0 radical (unpaired) electrons. The molecule has 0 N–H and O–H groups in total. The van der Waals surface area contributed by atoms with Crippen LogP contribution >= 0.6 is 0 Å². The average Bonchev–Trinajstić information content (AvgIpc) is 2.19. The van der Waals surface area contributed by atoms with E-state index in [9.17, 15) is 4.79 Å². The summed E-state index contributed by atoms with van der Waals surface area (Å²) in [7, 11) is 0. The summed E-state index contributed by atoms with van der Waals surface area (Å²) in [5.74, 6) is 0.0688.